The Kier molecular flexibility index (Phi) is 5.77. The summed E-state index contributed by atoms with van der Waals surface area (Å²) in [4.78, 5) is 13.8. The van der Waals surface area contributed by atoms with Gasteiger partial charge in [-0.15, -0.1) is 0 Å². The molecular weight excluding hydrogens is 204 g/mol. The summed E-state index contributed by atoms with van der Waals surface area (Å²) in [5, 5.41) is 0. The lowest BCUT2D eigenvalue weighted by Gasteiger charge is -2.35. The third-order valence-electron chi connectivity index (χ3n) is 3.27. The molecule has 1 fully saturated rings. The zero-order valence-electron chi connectivity index (χ0n) is 10.4. The van der Waals surface area contributed by atoms with Crippen molar-refractivity contribution in [3.05, 3.63) is 0 Å². The molecule has 4 heteroatoms. The van der Waals surface area contributed by atoms with E-state index in [1.54, 1.807) is 0 Å². The van der Waals surface area contributed by atoms with Gasteiger partial charge in [-0.1, -0.05) is 0 Å². The van der Waals surface area contributed by atoms with Crippen LogP contribution in [0.2, 0.25) is 0 Å². The summed E-state index contributed by atoms with van der Waals surface area (Å²) in [5.74, 6) is 0.116. The van der Waals surface area contributed by atoms with Gasteiger partial charge in [-0.2, -0.15) is 0 Å². The lowest BCUT2D eigenvalue weighted by Crippen LogP contribution is -2.45. The van der Waals surface area contributed by atoms with Gasteiger partial charge in [0.2, 0.25) is 5.91 Å². The van der Waals surface area contributed by atoms with Crippen LogP contribution in [0.15, 0.2) is 0 Å². The van der Waals surface area contributed by atoms with Gasteiger partial charge in [0.15, 0.2) is 0 Å². The lowest BCUT2D eigenvalue weighted by molar-refractivity contribution is -0.138. The summed E-state index contributed by atoms with van der Waals surface area (Å²) in [6.45, 7) is 5.51. The number of rotatable bonds is 5. The Labute approximate surface area is 98.1 Å². The van der Waals surface area contributed by atoms with E-state index in [-0.39, 0.29) is 12.5 Å². The minimum Gasteiger partial charge on any atom is -0.372 e. The van der Waals surface area contributed by atoms with Gasteiger partial charge in [-0.3, -0.25) is 4.79 Å². The zero-order chi connectivity index (χ0) is 12.0. The fourth-order valence-corrected chi connectivity index (χ4v) is 2.32. The first-order valence-corrected chi connectivity index (χ1v) is 6.31. The maximum atomic E-state index is 11.9. The van der Waals surface area contributed by atoms with Crippen molar-refractivity contribution in [2.45, 2.75) is 51.6 Å². The van der Waals surface area contributed by atoms with E-state index >= 15 is 0 Å². The normalized spacial score (nSPS) is 25.4. The van der Waals surface area contributed by atoms with Gasteiger partial charge in [0, 0.05) is 25.2 Å². The Hall–Kier alpha value is -0.610. The first-order valence-electron chi connectivity index (χ1n) is 6.31. The van der Waals surface area contributed by atoms with E-state index in [0.29, 0.717) is 18.7 Å². The third-order valence-corrected chi connectivity index (χ3v) is 3.27. The van der Waals surface area contributed by atoms with Crippen LogP contribution in [-0.2, 0) is 9.53 Å². The van der Waals surface area contributed by atoms with Gasteiger partial charge in [0.05, 0.1) is 0 Å². The van der Waals surface area contributed by atoms with Gasteiger partial charge in [0.1, 0.15) is 6.61 Å². The Morgan fingerprint density at radius 2 is 1.94 bits per heavy atom. The van der Waals surface area contributed by atoms with E-state index in [9.17, 15) is 4.79 Å². The quantitative estimate of drug-likeness (QED) is 0.767. The van der Waals surface area contributed by atoms with Crippen LogP contribution < -0.4 is 5.73 Å². The number of carbonyl (C=O) groups is 1. The maximum absolute atomic E-state index is 11.9. The molecule has 0 saturated heterocycles. The predicted molar refractivity (Wildman–Crippen MR) is 64.1 cm³/mol. The molecule has 1 aliphatic rings. The summed E-state index contributed by atoms with van der Waals surface area (Å²) < 4.78 is 5.17. The molecule has 0 radical (unpaired) electrons. The molecule has 94 valence electrons. The Morgan fingerprint density at radius 1 is 1.31 bits per heavy atom. The summed E-state index contributed by atoms with van der Waals surface area (Å²) in [7, 11) is 0. The molecule has 2 N–H and O–H groups in total. The summed E-state index contributed by atoms with van der Waals surface area (Å²) >= 11 is 0. The van der Waals surface area contributed by atoms with Crippen molar-refractivity contribution in [1.29, 1.82) is 0 Å². The summed E-state index contributed by atoms with van der Waals surface area (Å²) in [6.07, 6.45) is 4.13. The number of ether oxygens (including phenoxy) is 1. The van der Waals surface area contributed by atoms with Crippen molar-refractivity contribution in [1.82, 2.24) is 4.90 Å². The van der Waals surface area contributed by atoms with Gasteiger partial charge in [-0.05, 0) is 39.5 Å². The number of nitrogens with zero attached hydrogens (tertiary/aromatic N) is 1. The van der Waals surface area contributed by atoms with E-state index < -0.39 is 0 Å². The SMILES string of the molecule is CCOCC(=O)N(CC)C1CCC(N)CC1. The van der Waals surface area contributed by atoms with Crippen LogP contribution in [-0.4, -0.2) is 42.6 Å². The molecule has 1 saturated carbocycles. The molecule has 0 aromatic carbocycles. The smallest absolute Gasteiger partial charge is 0.248 e. The molecule has 1 rings (SSSR count). The minimum absolute atomic E-state index is 0.116. The fourth-order valence-electron chi connectivity index (χ4n) is 2.32. The van der Waals surface area contributed by atoms with Crippen molar-refractivity contribution in [3.63, 3.8) is 0 Å². The van der Waals surface area contributed by atoms with E-state index in [1.807, 2.05) is 18.7 Å². The molecule has 0 aromatic heterocycles. The standard InChI is InChI=1S/C12H24N2O2/c1-3-14(12(15)9-16-4-2)11-7-5-10(13)6-8-11/h10-11H,3-9,13H2,1-2H3. The van der Waals surface area contributed by atoms with E-state index in [0.717, 1.165) is 32.2 Å². The average Bonchev–Trinajstić information content (AvgIpc) is 2.30. The molecule has 0 spiro atoms. The highest BCUT2D eigenvalue weighted by molar-refractivity contribution is 5.77. The molecule has 0 unspecified atom stereocenters. The molecule has 1 amide bonds. The topological polar surface area (TPSA) is 55.6 Å². The van der Waals surface area contributed by atoms with Crippen LogP contribution >= 0.6 is 0 Å². The second-order valence-corrected chi connectivity index (χ2v) is 4.39. The molecule has 1 aliphatic carbocycles. The molecule has 4 nitrogen and oxygen atoms in total. The highest BCUT2D eigenvalue weighted by Crippen LogP contribution is 2.22. The Bertz CT molecular complexity index is 213. The van der Waals surface area contributed by atoms with E-state index in [4.69, 9.17) is 10.5 Å². The third kappa shape index (κ3) is 3.76. The summed E-state index contributed by atoms with van der Waals surface area (Å²) in [5.41, 5.74) is 5.87. The van der Waals surface area contributed by atoms with Gasteiger partial charge in [-0.25, -0.2) is 0 Å². The Morgan fingerprint density at radius 3 is 2.44 bits per heavy atom. The summed E-state index contributed by atoms with van der Waals surface area (Å²) in [6, 6.07) is 0.703. The van der Waals surface area contributed by atoms with Crippen LogP contribution in [0.1, 0.15) is 39.5 Å². The largest absolute Gasteiger partial charge is 0.372 e. The number of amides is 1. The van der Waals surface area contributed by atoms with Crippen LogP contribution in [0.4, 0.5) is 0 Å². The highest BCUT2D eigenvalue weighted by atomic mass is 16.5. The number of likely N-dealkylation sites (N-methyl/N-ethyl adjacent to an activating group) is 1. The van der Waals surface area contributed by atoms with Gasteiger partial charge >= 0.3 is 0 Å². The molecule has 16 heavy (non-hydrogen) atoms. The predicted octanol–water partition coefficient (Wildman–Crippen LogP) is 1.14. The van der Waals surface area contributed by atoms with E-state index in [1.165, 1.54) is 0 Å². The molecule has 0 atom stereocenters. The van der Waals surface area contributed by atoms with Crippen molar-refractivity contribution in [2.75, 3.05) is 19.8 Å². The fraction of sp³-hybridized carbons (Fsp3) is 0.917. The lowest BCUT2D eigenvalue weighted by atomic mass is 9.90. The molecule has 0 heterocycles. The first kappa shape index (κ1) is 13.5. The highest BCUT2D eigenvalue weighted by Gasteiger charge is 2.26. The number of hydrogen-bond acceptors (Lipinski definition) is 3. The minimum atomic E-state index is 0.116. The van der Waals surface area contributed by atoms with Crippen molar-refractivity contribution < 1.29 is 9.53 Å². The molecular formula is C12H24N2O2. The van der Waals surface area contributed by atoms with Crippen molar-refractivity contribution in [3.8, 4) is 0 Å². The van der Waals surface area contributed by atoms with Crippen LogP contribution in [0.25, 0.3) is 0 Å². The zero-order valence-corrected chi connectivity index (χ0v) is 10.4. The molecule has 0 aliphatic heterocycles. The first-order chi connectivity index (χ1) is 7.69. The van der Waals surface area contributed by atoms with Gasteiger partial charge < -0.3 is 15.4 Å². The number of nitrogens with two attached hydrogens (primary N) is 1. The molecule has 0 aromatic rings. The van der Waals surface area contributed by atoms with Crippen LogP contribution in [0, 0.1) is 0 Å². The Balaban J connectivity index is 2.43. The van der Waals surface area contributed by atoms with Crippen LogP contribution in [0.3, 0.4) is 0 Å². The monoisotopic (exact) mass is 228 g/mol. The van der Waals surface area contributed by atoms with Gasteiger partial charge in [0.25, 0.3) is 0 Å². The van der Waals surface area contributed by atoms with E-state index in [2.05, 4.69) is 0 Å². The average molecular weight is 228 g/mol. The van der Waals surface area contributed by atoms with Crippen molar-refractivity contribution >= 4 is 5.91 Å². The van der Waals surface area contributed by atoms with Crippen molar-refractivity contribution in [2.24, 2.45) is 5.73 Å². The maximum Gasteiger partial charge on any atom is 0.248 e. The van der Waals surface area contributed by atoms with Crippen LogP contribution in [0.5, 0.6) is 0 Å². The molecule has 0 bridgehead atoms. The second kappa shape index (κ2) is 6.86. The number of hydrogen-bond donors (Lipinski definition) is 1. The number of carbonyl (C=O) groups excluding carboxylic acids is 1. The second-order valence-electron chi connectivity index (χ2n) is 4.39.